The molecule has 1 amide bonds. The summed E-state index contributed by atoms with van der Waals surface area (Å²) < 4.78 is 11.4. The monoisotopic (exact) mass is 384 g/mol. The van der Waals surface area contributed by atoms with E-state index in [2.05, 4.69) is 34.1 Å². The van der Waals surface area contributed by atoms with E-state index < -0.39 is 0 Å². The van der Waals surface area contributed by atoms with E-state index in [4.69, 9.17) is 9.47 Å². The third kappa shape index (κ3) is 2.82. The van der Waals surface area contributed by atoms with Crippen LogP contribution in [0.15, 0.2) is 30.3 Å². The highest BCUT2D eigenvalue weighted by atomic mass is 16.5. The third-order valence-corrected chi connectivity index (χ3v) is 7.86. The lowest BCUT2D eigenvalue weighted by atomic mass is 9.73. The van der Waals surface area contributed by atoms with Crippen LogP contribution in [0.4, 0.5) is 0 Å². The number of methoxy groups -OCH3 is 1. The number of hydrogen-bond acceptors (Lipinski definition) is 4. The van der Waals surface area contributed by atoms with Crippen LogP contribution in [0.1, 0.15) is 44.1 Å². The molecule has 3 heterocycles. The van der Waals surface area contributed by atoms with Gasteiger partial charge in [-0.3, -0.25) is 9.69 Å². The van der Waals surface area contributed by atoms with Crippen LogP contribution in [-0.2, 0) is 19.7 Å². The summed E-state index contributed by atoms with van der Waals surface area (Å²) in [6.07, 6.45) is 6.64. The molecule has 1 aromatic carbocycles. The summed E-state index contributed by atoms with van der Waals surface area (Å²) in [6, 6.07) is 11.0. The smallest absolute Gasteiger partial charge is 0.233 e. The van der Waals surface area contributed by atoms with Gasteiger partial charge in [0.1, 0.15) is 0 Å². The van der Waals surface area contributed by atoms with Crippen molar-refractivity contribution in [1.29, 1.82) is 0 Å². The van der Waals surface area contributed by atoms with Gasteiger partial charge in [-0.2, -0.15) is 0 Å². The quantitative estimate of drug-likeness (QED) is 0.800. The maximum Gasteiger partial charge on any atom is 0.233 e. The van der Waals surface area contributed by atoms with Crippen molar-refractivity contribution < 1.29 is 14.3 Å². The van der Waals surface area contributed by atoms with Gasteiger partial charge in [-0.1, -0.05) is 30.3 Å². The standard InChI is InChI=1S/C23H32N2O3/c1-27-20-17-25(23(20)11-15-28-16-12-23)19-7-13-24(14-8-19)21(26)22(9-10-22)18-5-3-2-4-6-18/h2-6,19-20H,7-17H2,1H3. The Kier molecular flexibility index (Phi) is 4.73. The van der Waals surface area contributed by atoms with Crippen LogP contribution >= 0.6 is 0 Å². The number of ether oxygens (including phenoxy) is 2. The average Bonchev–Trinajstić information content (AvgIpc) is 3.57. The second kappa shape index (κ2) is 7.12. The summed E-state index contributed by atoms with van der Waals surface area (Å²) in [5, 5.41) is 0. The first-order valence-electron chi connectivity index (χ1n) is 10.9. The predicted octanol–water partition coefficient (Wildman–Crippen LogP) is 2.59. The van der Waals surface area contributed by atoms with Gasteiger partial charge < -0.3 is 14.4 Å². The zero-order chi connectivity index (χ0) is 19.2. The van der Waals surface area contributed by atoms with Gasteiger partial charge in [0.15, 0.2) is 0 Å². The van der Waals surface area contributed by atoms with Crippen molar-refractivity contribution in [3.63, 3.8) is 0 Å². The number of carbonyl (C=O) groups excluding carboxylic acids is 1. The van der Waals surface area contributed by atoms with Gasteiger partial charge in [0.05, 0.1) is 17.1 Å². The number of carbonyl (C=O) groups is 1. The van der Waals surface area contributed by atoms with Crippen molar-refractivity contribution in [2.24, 2.45) is 0 Å². The van der Waals surface area contributed by atoms with Gasteiger partial charge in [0.25, 0.3) is 0 Å². The molecule has 3 saturated heterocycles. The molecule has 5 heteroatoms. The van der Waals surface area contributed by atoms with Gasteiger partial charge in [-0.05, 0) is 44.1 Å². The molecule has 4 fully saturated rings. The van der Waals surface area contributed by atoms with Crippen LogP contribution in [0.25, 0.3) is 0 Å². The maximum atomic E-state index is 13.3. The highest BCUT2D eigenvalue weighted by molar-refractivity contribution is 5.91. The summed E-state index contributed by atoms with van der Waals surface area (Å²) in [5.74, 6) is 0.358. The van der Waals surface area contributed by atoms with Crippen molar-refractivity contribution in [3.8, 4) is 0 Å². The molecule has 0 aromatic heterocycles. The van der Waals surface area contributed by atoms with E-state index >= 15 is 0 Å². The Morgan fingerprint density at radius 3 is 2.36 bits per heavy atom. The fourth-order valence-electron chi connectivity index (χ4n) is 5.94. The van der Waals surface area contributed by atoms with Crippen molar-refractivity contribution >= 4 is 5.91 Å². The fraction of sp³-hybridized carbons (Fsp3) is 0.696. The largest absolute Gasteiger partial charge is 0.381 e. The molecule has 28 heavy (non-hydrogen) atoms. The molecule has 4 aliphatic rings. The number of nitrogens with zero attached hydrogens (tertiary/aromatic N) is 2. The molecule has 1 atom stereocenters. The lowest BCUT2D eigenvalue weighted by molar-refractivity contribution is -0.208. The lowest BCUT2D eigenvalue weighted by Gasteiger charge is -2.63. The topological polar surface area (TPSA) is 42.0 Å². The summed E-state index contributed by atoms with van der Waals surface area (Å²) >= 11 is 0. The molecular formula is C23H32N2O3. The first kappa shape index (κ1) is 18.6. The molecule has 1 saturated carbocycles. The van der Waals surface area contributed by atoms with Gasteiger partial charge in [0.2, 0.25) is 5.91 Å². The Bertz CT molecular complexity index is 704. The minimum absolute atomic E-state index is 0.172. The Balaban J connectivity index is 1.23. The van der Waals surface area contributed by atoms with Crippen LogP contribution in [0.3, 0.4) is 0 Å². The zero-order valence-corrected chi connectivity index (χ0v) is 16.9. The number of rotatable bonds is 4. The highest BCUT2D eigenvalue weighted by Gasteiger charge is 2.57. The first-order chi connectivity index (χ1) is 13.7. The van der Waals surface area contributed by atoms with Crippen molar-refractivity contribution in [2.75, 3.05) is 40.0 Å². The lowest BCUT2D eigenvalue weighted by Crippen LogP contribution is -2.75. The number of benzene rings is 1. The molecule has 152 valence electrons. The molecule has 1 aromatic rings. The van der Waals surface area contributed by atoms with Gasteiger partial charge in [-0.15, -0.1) is 0 Å². The van der Waals surface area contributed by atoms with Crippen LogP contribution < -0.4 is 0 Å². The van der Waals surface area contributed by atoms with Crippen molar-refractivity contribution in [3.05, 3.63) is 35.9 Å². The van der Waals surface area contributed by atoms with E-state index in [-0.39, 0.29) is 11.0 Å². The van der Waals surface area contributed by atoms with Crippen molar-refractivity contribution in [1.82, 2.24) is 9.80 Å². The molecule has 3 aliphatic heterocycles. The van der Waals surface area contributed by atoms with E-state index in [1.54, 1.807) is 0 Å². The molecule has 0 N–H and O–H groups in total. The van der Waals surface area contributed by atoms with E-state index in [9.17, 15) is 4.79 Å². The molecule has 0 radical (unpaired) electrons. The van der Waals surface area contributed by atoms with Gasteiger partial charge in [-0.25, -0.2) is 0 Å². The summed E-state index contributed by atoms with van der Waals surface area (Å²) in [4.78, 5) is 18.1. The number of amides is 1. The highest BCUT2D eigenvalue weighted by Crippen LogP contribution is 2.50. The Morgan fingerprint density at radius 2 is 1.75 bits per heavy atom. The van der Waals surface area contributed by atoms with E-state index in [1.165, 1.54) is 5.56 Å². The predicted molar refractivity (Wildman–Crippen MR) is 107 cm³/mol. The third-order valence-electron chi connectivity index (χ3n) is 7.86. The number of likely N-dealkylation sites (tertiary alicyclic amines) is 2. The zero-order valence-electron chi connectivity index (χ0n) is 16.9. The van der Waals surface area contributed by atoms with Crippen LogP contribution in [0.5, 0.6) is 0 Å². The Hall–Kier alpha value is -1.43. The second-order valence-electron chi connectivity index (χ2n) is 9.06. The molecular weight excluding hydrogens is 352 g/mol. The number of hydrogen-bond donors (Lipinski definition) is 0. The summed E-state index contributed by atoms with van der Waals surface area (Å²) in [7, 11) is 1.85. The average molecular weight is 385 g/mol. The minimum atomic E-state index is -0.228. The maximum absolute atomic E-state index is 13.3. The normalized spacial score (nSPS) is 29.5. The SMILES string of the molecule is COC1CN(C2CCN(C(=O)C3(c4ccccc4)CC3)CC2)C12CCOCC2. The summed E-state index contributed by atoms with van der Waals surface area (Å²) in [6.45, 7) is 4.49. The molecule has 1 spiro atoms. The molecule has 5 rings (SSSR count). The fourth-order valence-corrected chi connectivity index (χ4v) is 5.94. The van der Waals surface area contributed by atoms with E-state index in [0.717, 1.165) is 71.4 Å². The molecule has 0 bridgehead atoms. The van der Waals surface area contributed by atoms with Gasteiger partial charge >= 0.3 is 0 Å². The van der Waals surface area contributed by atoms with Crippen LogP contribution in [0, 0.1) is 0 Å². The molecule has 1 unspecified atom stereocenters. The van der Waals surface area contributed by atoms with E-state index in [0.29, 0.717) is 18.1 Å². The van der Waals surface area contributed by atoms with Crippen LogP contribution in [-0.4, -0.2) is 73.3 Å². The minimum Gasteiger partial charge on any atom is -0.381 e. The molecule has 5 nitrogen and oxygen atoms in total. The Morgan fingerprint density at radius 1 is 1.07 bits per heavy atom. The van der Waals surface area contributed by atoms with Gasteiger partial charge in [0, 0.05) is 46.0 Å². The second-order valence-corrected chi connectivity index (χ2v) is 9.06. The number of piperidine rings is 1. The summed E-state index contributed by atoms with van der Waals surface area (Å²) in [5.41, 5.74) is 1.15. The van der Waals surface area contributed by atoms with E-state index in [1.807, 2.05) is 13.2 Å². The molecule has 1 aliphatic carbocycles. The van der Waals surface area contributed by atoms with Crippen LogP contribution in [0.2, 0.25) is 0 Å². The van der Waals surface area contributed by atoms with Crippen molar-refractivity contribution in [2.45, 2.75) is 61.6 Å². The first-order valence-corrected chi connectivity index (χ1v) is 10.9. The Labute approximate surface area is 168 Å².